The number of fused-ring (bicyclic) bond motifs is 1. The molecule has 3 aromatic heterocycles. The van der Waals surface area contributed by atoms with E-state index in [1.54, 1.807) is 62.1 Å². The summed E-state index contributed by atoms with van der Waals surface area (Å²) >= 11 is 0. The Hall–Kier alpha value is -4.12. The summed E-state index contributed by atoms with van der Waals surface area (Å²) in [5, 5.41) is 21.7. The van der Waals surface area contributed by atoms with Gasteiger partial charge in [-0.05, 0) is 58.4 Å². The molecule has 0 aliphatic rings. The Morgan fingerprint density at radius 3 is 2.56 bits per heavy atom. The summed E-state index contributed by atoms with van der Waals surface area (Å²) in [5.74, 6) is 0.762. The zero-order valence-electron chi connectivity index (χ0n) is 21.2. The number of carbonyl (C=O) groups is 1. The zero-order chi connectivity index (χ0) is 26.3. The van der Waals surface area contributed by atoms with E-state index in [-0.39, 0.29) is 0 Å². The second-order valence-electron chi connectivity index (χ2n) is 10.1. The molecule has 3 heterocycles. The molecule has 0 unspecified atom stereocenters. The number of nitrogens with two attached hydrogens (primary N) is 1. The molecule has 0 aliphatic carbocycles. The highest BCUT2D eigenvalue weighted by Gasteiger charge is 2.21. The van der Waals surface area contributed by atoms with Crippen LogP contribution in [0, 0.1) is 0 Å². The topological polar surface area (TPSA) is 142 Å². The SMILES string of the molecule is COc1cc(-c2cc(-c3cnn(CC(C)(C)O)c3)n3ncnc(N)c23)ccc1NC(=O)OC(C)(C)C. The molecule has 11 heteroatoms. The van der Waals surface area contributed by atoms with Gasteiger partial charge in [-0.2, -0.15) is 10.2 Å². The predicted molar refractivity (Wildman–Crippen MR) is 137 cm³/mol. The van der Waals surface area contributed by atoms with E-state index < -0.39 is 17.3 Å². The van der Waals surface area contributed by atoms with Crippen molar-refractivity contribution in [2.75, 3.05) is 18.2 Å². The third-order valence-electron chi connectivity index (χ3n) is 5.21. The second kappa shape index (κ2) is 9.15. The molecule has 4 rings (SSSR count). The van der Waals surface area contributed by atoms with Crippen LogP contribution in [0.5, 0.6) is 5.75 Å². The Morgan fingerprint density at radius 1 is 1.14 bits per heavy atom. The molecule has 0 fully saturated rings. The molecule has 0 bridgehead atoms. The highest BCUT2D eigenvalue weighted by atomic mass is 16.6. The number of nitrogen functional groups attached to an aromatic ring is 1. The highest BCUT2D eigenvalue weighted by molar-refractivity contribution is 5.94. The summed E-state index contributed by atoms with van der Waals surface area (Å²) in [7, 11) is 1.52. The van der Waals surface area contributed by atoms with Crippen LogP contribution in [0.1, 0.15) is 34.6 Å². The van der Waals surface area contributed by atoms with Crippen LogP contribution >= 0.6 is 0 Å². The molecule has 11 nitrogen and oxygen atoms in total. The Balaban J connectivity index is 1.76. The van der Waals surface area contributed by atoms with E-state index in [0.29, 0.717) is 29.3 Å². The molecule has 4 aromatic rings. The summed E-state index contributed by atoms with van der Waals surface area (Å²) in [6.45, 7) is 9.17. The van der Waals surface area contributed by atoms with Crippen LogP contribution in [0.3, 0.4) is 0 Å². The Kier molecular flexibility index (Phi) is 6.35. The van der Waals surface area contributed by atoms with Gasteiger partial charge in [-0.25, -0.2) is 14.3 Å². The number of nitrogens with one attached hydrogen (secondary N) is 1. The number of carbonyl (C=O) groups excluding carboxylic acids is 1. The quantitative estimate of drug-likeness (QED) is 0.366. The lowest BCUT2D eigenvalue weighted by Crippen LogP contribution is -2.27. The lowest BCUT2D eigenvalue weighted by molar-refractivity contribution is 0.0576. The maximum atomic E-state index is 12.3. The largest absolute Gasteiger partial charge is 0.495 e. The van der Waals surface area contributed by atoms with Crippen molar-refractivity contribution in [2.24, 2.45) is 0 Å². The van der Waals surface area contributed by atoms with Crippen LogP contribution in [0.25, 0.3) is 27.9 Å². The summed E-state index contributed by atoms with van der Waals surface area (Å²) in [5.41, 5.74) is 8.95. The van der Waals surface area contributed by atoms with Crippen molar-refractivity contribution in [3.05, 3.63) is 43.0 Å². The average molecular weight is 494 g/mol. The number of hydrogen-bond donors (Lipinski definition) is 3. The van der Waals surface area contributed by atoms with E-state index in [2.05, 4.69) is 20.5 Å². The molecule has 0 aliphatic heterocycles. The lowest BCUT2D eigenvalue weighted by Gasteiger charge is -2.20. The van der Waals surface area contributed by atoms with Crippen LogP contribution in [-0.4, -0.2) is 53.9 Å². The third-order valence-corrected chi connectivity index (χ3v) is 5.21. The first-order chi connectivity index (χ1) is 16.8. The first kappa shape index (κ1) is 25.0. The van der Waals surface area contributed by atoms with Gasteiger partial charge in [0.05, 0.1) is 36.8 Å². The van der Waals surface area contributed by atoms with Gasteiger partial charge >= 0.3 is 6.09 Å². The minimum absolute atomic E-state index is 0.310. The van der Waals surface area contributed by atoms with Crippen molar-refractivity contribution < 1.29 is 19.4 Å². The van der Waals surface area contributed by atoms with Crippen molar-refractivity contribution in [3.8, 4) is 28.1 Å². The van der Waals surface area contributed by atoms with Crippen LogP contribution in [0.15, 0.2) is 43.0 Å². The second-order valence-corrected chi connectivity index (χ2v) is 10.1. The summed E-state index contributed by atoms with van der Waals surface area (Å²) < 4.78 is 14.3. The van der Waals surface area contributed by atoms with Crippen molar-refractivity contribution >= 4 is 23.1 Å². The molecule has 0 radical (unpaired) electrons. The van der Waals surface area contributed by atoms with E-state index in [1.165, 1.54) is 13.4 Å². The van der Waals surface area contributed by atoms with Crippen LogP contribution in [-0.2, 0) is 11.3 Å². The van der Waals surface area contributed by atoms with Gasteiger partial charge in [0, 0.05) is 17.3 Å². The number of methoxy groups -OCH3 is 1. The molecule has 0 atom stereocenters. The van der Waals surface area contributed by atoms with Gasteiger partial charge < -0.3 is 20.3 Å². The van der Waals surface area contributed by atoms with Gasteiger partial charge in [0.2, 0.25) is 0 Å². The molecule has 0 spiro atoms. The fraction of sp³-hybridized carbons (Fsp3) is 0.360. The highest BCUT2D eigenvalue weighted by Crippen LogP contribution is 2.38. The normalized spacial score (nSPS) is 12.1. The van der Waals surface area contributed by atoms with Crippen molar-refractivity contribution in [2.45, 2.75) is 52.4 Å². The number of ether oxygens (including phenoxy) is 2. The minimum Gasteiger partial charge on any atom is -0.495 e. The molecule has 36 heavy (non-hydrogen) atoms. The number of amides is 1. The zero-order valence-corrected chi connectivity index (χ0v) is 21.2. The maximum absolute atomic E-state index is 12.3. The Labute approximate surface area is 208 Å². The molecule has 1 amide bonds. The van der Waals surface area contributed by atoms with Gasteiger partial charge in [0.1, 0.15) is 23.2 Å². The predicted octanol–water partition coefficient (Wildman–Crippen LogP) is 3.97. The monoisotopic (exact) mass is 493 g/mol. The van der Waals surface area contributed by atoms with Crippen LogP contribution in [0.4, 0.5) is 16.3 Å². The van der Waals surface area contributed by atoms with E-state index in [4.69, 9.17) is 15.2 Å². The molecular formula is C25H31N7O4. The first-order valence-electron chi connectivity index (χ1n) is 11.4. The number of benzene rings is 1. The number of nitrogens with zero attached hydrogens (tertiary/aromatic N) is 5. The number of anilines is 2. The fourth-order valence-corrected chi connectivity index (χ4v) is 3.85. The van der Waals surface area contributed by atoms with Crippen LogP contribution in [0.2, 0.25) is 0 Å². The van der Waals surface area contributed by atoms with Gasteiger partial charge in [-0.3, -0.25) is 10.00 Å². The van der Waals surface area contributed by atoms with Gasteiger partial charge in [0.25, 0.3) is 0 Å². The third kappa shape index (κ3) is 5.41. The van der Waals surface area contributed by atoms with E-state index in [9.17, 15) is 9.90 Å². The van der Waals surface area contributed by atoms with Crippen molar-refractivity contribution in [3.63, 3.8) is 0 Å². The van der Waals surface area contributed by atoms with Gasteiger partial charge in [0.15, 0.2) is 5.82 Å². The molecular weight excluding hydrogens is 462 g/mol. The van der Waals surface area contributed by atoms with Crippen molar-refractivity contribution in [1.29, 1.82) is 0 Å². The molecule has 0 saturated heterocycles. The molecule has 1 aromatic carbocycles. The van der Waals surface area contributed by atoms with Gasteiger partial charge in [-0.15, -0.1) is 0 Å². The Bertz CT molecular complexity index is 1410. The standard InChI is InChI=1S/C25H31N7O4/c1-24(2,3)36-23(33)30-18-8-7-15(9-20(18)35-6)17-10-19(32-21(17)22(26)27-14-29-32)16-11-28-31(12-16)13-25(4,5)34/h7-12,14,34H,13H2,1-6H3,(H,30,33)(H2,26,27,29). The van der Waals surface area contributed by atoms with E-state index >= 15 is 0 Å². The number of hydrogen-bond acceptors (Lipinski definition) is 8. The van der Waals surface area contributed by atoms with E-state index in [0.717, 1.165) is 22.4 Å². The van der Waals surface area contributed by atoms with E-state index in [1.807, 2.05) is 18.3 Å². The maximum Gasteiger partial charge on any atom is 0.412 e. The minimum atomic E-state index is -0.909. The average Bonchev–Trinajstić information content (AvgIpc) is 3.36. The smallest absolute Gasteiger partial charge is 0.412 e. The summed E-state index contributed by atoms with van der Waals surface area (Å²) in [4.78, 5) is 16.4. The first-order valence-corrected chi connectivity index (χ1v) is 11.4. The molecule has 0 saturated carbocycles. The lowest BCUT2D eigenvalue weighted by atomic mass is 10.0. The van der Waals surface area contributed by atoms with Crippen molar-refractivity contribution in [1.82, 2.24) is 24.4 Å². The molecule has 4 N–H and O–H groups in total. The summed E-state index contributed by atoms with van der Waals surface area (Å²) in [6.07, 6.45) is 4.37. The number of aromatic nitrogens is 5. The van der Waals surface area contributed by atoms with Crippen LogP contribution < -0.4 is 15.8 Å². The fourth-order valence-electron chi connectivity index (χ4n) is 3.85. The van der Waals surface area contributed by atoms with Gasteiger partial charge in [-0.1, -0.05) is 6.07 Å². The number of aliphatic hydroxyl groups is 1. The number of rotatable bonds is 6. The molecule has 190 valence electrons. The Morgan fingerprint density at radius 2 is 1.89 bits per heavy atom. The summed E-state index contributed by atoms with van der Waals surface area (Å²) in [6, 6.07) is 7.33.